The molecule has 6 heteroatoms. The highest BCUT2D eigenvalue weighted by Crippen LogP contribution is 2.30. The van der Waals surface area contributed by atoms with Crippen LogP contribution in [0, 0.1) is 5.92 Å². The topological polar surface area (TPSA) is 70.7 Å². The minimum Gasteiger partial charge on any atom is -0.497 e. The number of hydrogen-bond donors (Lipinski definition) is 2. The van der Waals surface area contributed by atoms with E-state index in [0.717, 1.165) is 29.8 Å². The second-order valence-corrected chi connectivity index (χ2v) is 7.65. The van der Waals surface area contributed by atoms with Gasteiger partial charge in [-0.2, -0.15) is 0 Å². The third-order valence-corrected chi connectivity index (χ3v) is 4.98. The Labute approximate surface area is 172 Å². The number of rotatable bonds is 7. The number of fused-ring (bicyclic) bond motifs is 1. The van der Waals surface area contributed by atoms with Gasteiger partial charge in [0.25, 0.3) is 5.91 Å². The van der Waals surface area contributed by atoms with Crippen molar-refractivity contribution in [3.05, 3.63) is 53.6 Å². The Kier molecular flexibility index (Phi) is 6.75. The Balaban J connectivity index is 1.69. The molecule has 0 unspecified atom stereocenters. The standard InChI is InChI=1S/C23H29N3O3/c1-16(2)14-25-23(28)19-8-4-5-9-20(19)24-15-22(27)26-12-6-7-17-13-18(29-3)10-11-21(17)26/h4-5,8-11,13,16,24H,6-7,12,14-15H2,1-3H3,(H,25,28). The van der Waals surface area contributed by atoms with Crippen molar-refractivity contribution in [2.45, 2.75) is 26.7 Å². The molecule has 2 aromatic rings. The van der Waals surface area contributed by atoms with Crippen LogP contribution in [0.4, 0.5) is 11.4 Å². The zero-order valence-corrected chi connectivity index (χ0v) is 17.3. The van der Waals surface area contributed by atoms with Gasteiger partial charge in [0.15, 0.2) is 0 Å². The molecule has 2 aromatic carbocycles. The van der Waals surface area contributed by atoms with Crippen LogP contribution in [0.3, 0.4) is 0 Å². The van der Waals surface area contributed by atoms with E-state index < -0.39 is 0 Å². The Morgan fingerprint density at radius 3 is 2.72 bits per heavy atom. The molecule has 0 aliphatic carbocycles. The average Bonchev–Trinajstić information content (AvgIpc) is 2.75. The molecule has 0 spiro atoms. The third kappa shape index (κ3) is 5.08. The third-order valence-electron chi connectivity index (χ3n) is 4.98. The highest BCUT2D eigenvalue weighted by atomic mass is 16.5. The summed E-state index contributed by atoms with van der Waals surface area (Å²) in [6.07, 6.45) is 1.85. The van der Waals surface area contributed by atoms with Crippen molar-refractivity contribution in [2.24, 2.45) is 5.92 Å². The van der Waals surface area contributed by atoms with Crippen molar-refractivity contribution in [2.75, 3.05) is 37.0 Å². The minimum atomic E-state index is -0.135. The summed E-state index contributed by atoms with van der Waals surface area (Å²) in [5.41, 5.74) is 3.27. The number of nitrogens with zero attached hydrogens (tertiary/aromatic N) is 1. The van der Waals surface area contributed by atoms with Crippen molar-refractivity contribution in [3.63, 3.8) is 0 Å². The Morgan fingerprint density at radius 2 is 1.97 bits per heavy atom. The van der Waals surface area contributed by atoms with Gasteiger partial charge in [0.1, 0.15) is 5.75 Å². The van der Waals surface area contributed by atoms with Crippen LogP contribution in [0.5, 0.6) is 5.75 Å². The molecule has 2 N–H and O–H groups in total. The predicted molar refractivity (Wildman–Crippen MR) is 116 cm³/mol. The summed E-state index contributed by atoms with van der Waals surface area (Å²) in [6, 6.07) is 13.1. The first-order chi connectivity index (χ1) is 14.0. The van der Waals surface area contributed by atoms with Gasteiger partial charge < -0.3 is 20.3 Å². The van der Waals surface area contributed by atoms with E-state index >= 15 is 0 Å². The molecular weight excluding hydrogens is 366 g/mol. The van der Waals surface area contributed by atoms with Crippen LogP contribution in [0.25, 0.3) is 0 Å². The number of aryl methyl sites for hydroxylation is 1. The van der Waals surface area contributed by atoms with Gasteiger partial charge in [-0.1, -0.05) is 26.0 Å². The maximum absolute atomic E-state index is 12.9. The summed E-state index contributed by atoms with van der Waals surface area (Å²) in [7, 11) is 1.64. The fourth-order valence-electron chi connectivity index (χ4n) is 3.45. The van der Waals surface area contributed by atoms with Crippen LogP contribution in [-0.2, 0) is 11.2 Å². The lowest BCUT2D eigenvalue weighted by molar-refractivity contribution is -0.117. The number of benzene rings is 2. The number of methoxy groups -OCH3 is 1. The number of anilines is 2. The van der Waals surface area contributed by atoms with Gasteiger partial charge in [0, 0.05) is 24.5 Å². The molecule has 1 aliphatic rings. The fourth-order valence-corrected chi connectivity index (χ4v) is 3.45. The van der Waals surface area contributed by atoms with Gasteiger partial charge >= 0.3 is 0 Å². The lowest BCUT2D eigenvalue weighted by atomic mass is 10.0. The largest absolute Gasteiger partial charge is 0.497 e. The smallest absolute Gasteiger partial charge is 0.253 e. The molecule has 0 bridgehead atoms. The van der Waals surface area contributed by atoms with Crippen molar-refractivity contribution < 1.29 is 14.3 Å². The zero-order valence-electron chi connectivity index (χ0n) is 17.3. The van der Waals surface area contributed by atoms with Crippen molar-refractivity contribution in [1.82, 2.24) is 5.32 Å². The van der Waals surface area contributed by atoms with Crippen LogP contribution >= 0.6 is 0 Å². The zero-order chi connectivity index (χ0) is 20.8. The number of ether oxygens (including phenoxy) is 1. The molecule has 6 nitrogen and oxygen atoms in total. The number of hydrogen-bond acceptors (Lipinski definition) is 4. The molecular formula is C23H29N3O3. The van der Waals surface area contributed by atoms with E-state index in [2.05, 4.69) is 24.5 Å². The first kappa shape index (κ1) is 20.7. The molecule has 0 fully saturated rings. The van der Waals surface area contributed by atoms with E-state index in [4.69, 9.17) is 4.74 Å². The first-order valence-electron chi connectivity index (χ1n) is 10.1. The minimum absolute atomic E-state index is 0.0199. The fraction of sp³-hybridized carbons (Fsp3) is 0.391. The number of nitrogens with one attached hydrogen (secondary N) is 2. The van der Waals surface area contributed by atoms with Crippen molar-refractivity contribution in [3.8, 4) is 5.75 Å². The SMILES string of the molecule is COc1ccc2c(c1)CCCN2C(=O)CNc1ccccc1C(=O)NCC(C)C. The number of para-hydroxylation sites is 1. The summed E-state index contributed by atoms with van der Waals surface area (Å²) in [5, 5.41) is 6.08. The lowest BCUT2D eigenvalue weighted by Crippen LogP contribution is -2.39. The lowest BCUT2D eigenvalue weighted by Gasteiger charge is -2.30. The molecule has 1 aliphatic heterocycles. The van der Waals surface area contributed by atoms with Gasteiger partial charge in [-0.25, -0.2) is 0 Å². The molecule has 0 aromatic heterocycles. The van der Waals surface area contributed by atoms with Gasteiger partial charge in [-0.05, 0) is 54.7 Å². The van der Waals surface area contributed by atoms with E-state index in [-0.39, 0.29) is 18.4 Å². The molecule has 0 radical (unpaired) electrons. The van der Waals surface area contributed by atoms with E-state index in [1.54, 1.807) is 13.2 Å². The monoisotopic (exact) mass is 395 g/mol. The van der Waals surface area contributed by atoms with Crippen LogP contribution in [0.2, 0.25) is 0 Å². The Morgan fingerprint density at radius 1 is 1.17 bits per heavy atom. The van der Waals surface area contributed by atoms with Crippen molar-refractivity contribution in [1.29, 1.82) is 0 Å². The van der Waals surface area contributed by atoms with Crippen molar-refractivity contribution >= 4 is 23.2 Å². The average molecular weight is 396 g/mol. The highest BCUT2D eigenvalue weighted by molar-refractivity contribution is 6.01. The maximum atomic E-state index is 12.9. The van der Waals surface area contributed by atoms with Gasteiger partial charge in [-0.15, -0.1) is 0 Å². The summed E-state index contributed by atoms with van der Waals surface area (Å²) < 4.78 is 5.30. The van der Waals surface area contributed by atoms with E-state index in [0.29, 0.717) is 30.3 Å². The van der Waals surface area contributed by atoms with E-state index in [1.165, 1.54) is 0 Å². The number of carbonyl (C=O) groups excluding carboxylic acids is 2. The van der Waals surface area contributed by atoms with Gasteiger partial charge in [0.05, 0.1) is 19.2 Å². The molecule has 154 valence electrons. The maximum Gasteiger partial charge on any atom is 0.253 e. The molecule has 29 heavy (non-hydrogen) atoms. The van der Waals surface area contributed by atoms with Crippen LogP contribution in [-0.4, -0.2) is 38.6 Å². The highest BCUT2D eigenvalue weighted by Gasteiger charge is 2.23. The summed E-state index contributed by atoms with van der Waals surface area (Å²) >= 11 is 0. The van der Waals surface area contributed by atoms with E-state index in [9.17, 15) is 9.59 Å². The van der Waals surface area contributed by atoms with Gasteiger partial charge in [0.2, 0.25) is 5.91 Å². The number of carbonyl (C=O) groups is 2. The molecule has 0 saturated carbocycles. The summed E-state index contributed by atoms with van der Waals surface area (Å²) in [4.78, 5) is 27.2. The second-order valence-electron chi connectivity index (χ2n) is 7.65. The first-order valence-corrected chi connectivity index (χ1v) is 10.1. The van der Waals surface area contributed by atoms with Crippen LogP contribution in [0.1, 0.15) is 36.2 Å². The summed E-state index contributed by atoms with van der Waals surface area (Å²) in [6.45, 7) is 5.53. The van der Waals surface area contributed by atoms with E-state index in [1.807, 2.05) is 41.3 Å². The molecule has 3 rings (SSSR count). The molecule has 1 heterocycles. The second kappa shape index (κ2) is 9.45. The van der Waals surface area contributed by atoms with Gasteiger partial charge in [-0.3, -0.25) is 9.59 Å². The Hall–Kier alpha value is -3.02. The normalized spacial score (nSPS) is 13.0. The summed E-state index contributed by atoms with van der Waals surface area (Å²) in [5.74, 6) is 1.02. The predicted octanol–water partition coefficient (Wildman–Crippen LogP) is 3.47. The Bertz CT molecular complexity index is 879. The molecule has 0 atom stereocenters. The molecule has 2 amide bonds. The molecule has 0 saturated heterocycles. The van der Waals surface area contributed by atoms with Crippen LogP contribution in [0.15, 0.2) is 42.5 Å². The number of amides is 2. The quantitative estimate of drug-likeness (QED) is 0.753. The van der Waals surface area contributed by atoms with Crippen LogP contribution < -0.4 is 20.3 Å².